The fraction of sp³-hybridized carbons (Fsp3) is 0.519. The van der Waals surface area contributed by atoms with Gasteiger partial charge in [0.15, 0.2) is 12.3 Å². The second kappa shape index (κ2) is 9.55. The number of nitrogens with zero attached hydrogens (tertiary/aromatic N) is 2. The van der Waals surface area contributed by atoms with Crippen LogP contribution in [-0.2, 0) is 6.54 Å². The van der Waals surface area contributed by atoms with Gasteiger partial charge in [-0.1, -0.05) is 17.7 Å². The lowest BCUT2D eigenvalue weighted by molar-refractivity contribution is -0.441. The van der Waals surface area contributed by atoms with Crippen LogP contribution >= 0.6 is 11.6 Å². The normalized spacial score (nSPS) is 25.3. The van der Waals surface area contributed by atoms with Gasteiger partial charge in [-0.25, -0.2) is 9.78 Å². The number of hydrogen-bond donors (Lipinski definition) is 1. The van der Waals surface area contributed by atoms with Crippen LogP contribution < -0.4 is 4.74 Å². The van der Waals surface area contributed by atoms with Gasteiger partial charge < -0.3 is 9.84 Å². The number of ether oxygens (including phenoxy) is 1. The van der Waals surface area contributed by atoms with Crippen molar-refractivity contribution in [3.8, 4) is 5.75 Å². The Kier molecular flexibility index (Phi) is 6.53. The third-order valence-corrected chi connectivity index (χ3v) is 8.05. The molecule has 1 amide bonds. The van der Waals surface area contributed by atoms with Crippen LogP contribution in [0.25, 0.3) is 0 Å². The number of aliphatic hydroxyl groups is 1. The first kappa shape index (κ1) is 22.5. The van der Waals surface area contributed by atoms with E-state index in [1.807, 2.05) is 41.8 Å². The number of aromatic nitrogens is 1. The predicted molar refractivity (Wildman–Crippen MR) is 128 cm³/mol. The molecule has 5 nitrogen and oxygen atoms in total. The minimum Gasteiger partial charge on any atom is -0.490 e. The van der Waals surface area contributed by atoms with E-state index < -0.39 is 0 Å². The number of carbonyl (C=O) groups is 1. The van der Waals surface area contributed by atoms with Gasteiger partial charge in [0.25, 0.3) is 0 Å². The van der Waals surface area contributed by atoms with Crippen molar-refractivity contribution < 1.29 is 19.2 Å². The number of amides is 1. The zero-order valence-electron chi connectivity index (χ0n) is 19.2. The van der Waals surface area contributed by atoms with E-state index >= 15 is 0 Å². The quantitative estimate of drug-likeness (QED) is 0.608. The van der Waals surface area contributed by atoms with E-state index in [1.54, 1.807) is 0 Å². The molecule has 2 saturated carbocycles. The highest BCUT2D eigenvalue weighted by atomic mass is 35.5. The second-order valence-electron chi connectivity index (χ2n) is 9.82. The first-order chi connectivity index (χ1) is 16.0. The van der Waals surface area contributed by atoms with Gasteiger partial charge in [0.05, 0.1) is 6.10 Å². The number of halogens is 1. The van der Waals surface area contributed by atoms with Gasteiger partial charge in [-0.3, -0.25) is 0 Å². The first-order valence-corrected chi connectivity index (χ1v) is 12.6. The van der Waals surface area contributed by atoms with Crippen LogP contribution in [-0.4, -0.2) is 39.0 Å². The molecule has 0 saturated heterocycles. The molecule has 0 radical (unpaired) electrons. The molecule has 174 valence electrons. The Morgan fingerprint density at radius 1 is 1.09 bits per heavy atom. The van der Waals surface area contributed by atoms with Gasteiger partial charge in [-0.15, -0.1) is 0 Å². The SMILES string of the molecule is Cc1ccc(OC2CCC(=[N+]3Cc4nc(C5CCC(CO)CC5)ccc4C3=O)CC2)cc1Cl. The number of rotatable bonds is 4. The summed E-state index contributed by atoms with van der Waals surface area (Å²) in [6, 6.07) is 9.87. The number of pyridine rings is 1. The number of aliphatic hydroxyl groups excluding tert-OH is 1. The summed E-state index contributed by atoms with van der Waals surface area (Å²) in [4.78, 5) is 18.0. The van der Waals surface area contributed by atoms with Crippen LogP contribution in [0.5, 0.6) is 5.75 Å². The lowest BCUT2D eigenvalue weighted by Crippen LogP contribution is -2.30. The molecule has 33 heavy (non-hydrogen) atoms. The molecule has 5 rings (SSSR count). The fourth-order valence-corrected chi connectivity index (χ4v) is 5.65. The molecule has 2 fully saturated rings. The number of carbonyl (C=O) groups excluding carboxylic acids is 1. The van der Waals surface area contributed by atoms with Gasteiger partial charge in [-0.2, -0.15) is 4.58 Å². The summed E-state index contributed by atoms with van der Waals surface area (Å²) in [5.41, 5.74) is 5.03. The molecule has 1 aromatic carbocycles. The maximum absolute atomic E-state index is 13.1. The summed E-state index contributed by atoms with van der Waals surface area (Å²) in [5.74, 6) is 1.78. The Morgan fingerprint density at radius 2 is 1.85 bits per heavy atom. The van der Waals surface area contributed by atoms with Crippen molar-refractivity contribution in [2.24, 2.45) is 5.92 Å². The zero-order valence-corrected chi connectivity index (χ0v) is 20.0. The summed E-state index contributed by atoms with van der Waals surface area (Å²) in [6.07, 6.45) is 7.92. The third-order valence-electron chi connectivity index (χ3n) is 7.64. The van der Waals surface area contributed by atoms with Crippen LogP contribution in [0, 0.1) is 12.8 Å². The number of benzene rings is 1. The average molecular weight is 468 g/mol. The van der Waals surface area contributed by atoms with Crippen molar-refractivity contribution in [3.05, 3.63) is 57.9 Å². The van der Waals surface area contributed by atoms with E-state index in [2.05, 4.69) is 0 Å². The summed E-state index contributed by atoms with van der Waals surface area (Å²) in [5, 5.41) is 10.1. The molecule has 1 N–H and O–H groups in total. The molecule has 0 bridgehead atoms. The van der Waals surface area contributed by atoms with Crippen molar-refractivity contribution in [3.63, 3.8) is 0 Å². The van der Waals surface area contributed by atoms with Crippen LogP contribution in [0.4, 0.5) is 0 Å². The molecule has 1 aromatic heterocycles. The van der Waals surface area contributed by atoms with Crippen LogP contribution in [0.3, 0.4) is 0 Å². The van der Waals surface area contributed by atoms with Crippen LogP contribution in [0.15, 0.2) is 30.3 Å². The Bertz CT molecular complexity index is 1080. The molecule has 3 aliphatic rings. The van der Waals surface area contributed by atoms with Crippen molar-refractivity contribution in [1.29, 1.82) is 0 Å². The van der Waals surface area contributed by atoms with E-state index in [0.717, 1.165) is 84.7 Å². The van der Waals surface area contributed by atoms with E-state index in [-0.39, 0.29) is 18.6 Å². The smallest absolute Gasteiger partial charge is 0.421 e. The molecule has 0 spiro atoms. The lowest BCUT2D eigenvalue weighted by Gasteiger charge is -2.26. The standard InChI is InChI=1S/C27H32ClN2O3/c1-17-2-9-22(14-24(17)28)33-21-10-7-20(8-11-21)30-15-26-23(27(30)32)12-13-25(29-26)19-5-3-18(16-31)4-6-19/h2,9,12-14,18-19,21,31H,3-8,10-11,15-16H2,1H3/q+1. The Balaban J connectivity index is 1.24. The Morgan fingerprint density at radius 3 is 2.55 bits per heavy atom. The third kappa shape index (κ3) is 4.71. The predicted octanol–water partition coefficient (Wildman–Crippen LogP) is 5.44. The lowest BCUT2D eigenvalue weighted by atomic mass is 9.80. The van der Waals surface area contributed by atoms with Crippen molar-refractivity contribution in [2.75, 3.05) is 6.61 Å². The fourth-order valence-electron chi connectivity index (χ4n) is 5.48. The van der Waals surface area contributed by atoms with E-state index in [0.29, 0.717) is 18.4 Å². The van der Waals surface area contributed by atoms with Crippen LogP contribution in [0.1, 0.15) is 84.6 Å². The highest BCUT2D eigenvalue weighted by Gasteiger charge is 2.38. The maximum Gasteiger partial charge on any atom is 0.421 e. The molecule has 2 heterocycles. The molecule has 2 aliphatic carbocycles. The monoisotopic (exact) mass is 467 g/mol. The molecule has 0 unspecified atom stereocenters. The Labute approximate surface area is 200 Å². The van der Waals surface area contributed by atoms with E-state index in [4.69, 9.17) is 21.3 Å². The maximum atomic E-state index is 13.1. The van der Waals surface area contributed by atoms with Crippen molar-refractivity contribution in [1.82, 2.24) is 4.98 Å². The number of fused-ring (bicyclic) bond motifs is 1. The molecule has 6 heteroatoms. The topological polar surface area (TPSA) is 62.4 Å². The number of aryl methyl sites for hydroxylation is 1. The second-order valence-corrected chi connectivity index (χ2v) is 10.2. The van der Waals surface area contributed by atoms with E-state index in [1.165, 1.54) is 5.71 Å². The minimum atomic E-state index is 0.0905. The zero-order chi connectivity index (χ0) is 22.9. The summed E-state index contributed by atoms with van der Waals surface area (Å²) in [7, 11) is 0. The summed E-state index contributed by atoms with van der Waals surface area (Å²) >= 11 is 6.23. The molecule has 2 aromatic rings. The van der Waals surface area contributed by atoms with Gasteiger partial charge in [0, 0.05) is 36.1 Å². The highest BCUT2D eigenvalue weighted by molar-refractivity contribution is 6.31. The Hall–Kier alpha value is -2.24. The van der Waals surface area contributed by atoms with Gasteiger partial charge in [0.1, 0.15) is 17.0 Å². The van der Waals surface area contributed by atoms with Gasteiger partial charge in [0.2, 0.25) is 0 Å². The minimum absolute atomic E-state index is 0.0905. The van der Waals surface area contributed by atoms with E-state index in [9.17, 15) is 9.90 Å². The molecular formula is C27H32ClN2O3+. The number of hydrogen-bond acceptors (Lipinski definition) is 4. The summed E-state index contributed by atoms with van der Waals surface area (Å²) in [6.45, 7) is 2.86. The molecule has 1 aliphatic heterocycles. The summed E-state index contributed by atoms with van der Waals surface area (Å²) < 4.78 is 8.11. The average Bonchev–Trinajstić information content (AvgIpc) is 3.18. The molecular weight excluding hydrogens is 436 g/mol. The molecule has 0 atom stereocenters. The van der Waals surface area contributed by atoms with Crippen molar-refractivity contribution >= 4 is 23.2 Å². The van der Waals surface area contributed by atoms with Crippen molar-refractivity contribution in [2.45, 2.75) is 76.9 Å². The largest absolute Gasteiger partial charge is 0.490 e. The van der Waals surface area contributed by atoms with Gasteiger partial charge >= 0.3 is 5.91 Å². The van der Waals surface area contributed by atoms with Gasteiger partial charge in [-0.05, 0) is 81.2 Å². The first-order valence-electron chi connectivity index (χ1n) is 12.2. The highest BCUT2D eigenvalue weighted by Crippen LogP contribution is 2.36. The van der Waals surface area contributed by atoms with Crippen LogP contribution in [0.2, 0.25) is 5.02 Å².